The van der Waals surface area contributed by atoms with Crippen LogP contribution in [0.3, 0.4) is 0 Å². The van der Waals surface area contributed by atoms with Crippen molar-refractivity contribution in [3.05, 3.63) is 63.3 Å². The molecule has 2 atom stereocenters. The molecular weight excluding hydrogens is 324 g/mol. The Morgan fingerprint density at radius 2 is 2.05 bits per heavy atom. The molecule has 0 radical (unpaired) electrons. The maximum atomic E-state index is 6.34. The lowest BCUT2D eigenvalue weighted by Crippen LogP contribution is -2.23. The molecule has 0 aliphatic carbocycles. The van der Waals surface area contributed by atoms with E-state index in [2.05, 4.69) is 33.2 Å². The third kappa shape index (κ3) is 3.35. The first-order valence-electron chi connectivity index (χ1n) is 6.16. The molecule has 0 saturated carbocycles. The zero-order valence-corrected chi connectivity index (χ0v) is 13.2. The molecule has 1 aromatic carbocycles. The van der Waals surface area contributed by atoms with E-state index in [-0.39, 0.29) is 12.0 Å². The fraction of sp³-hybridized carbons (Fsp3) is 0.267. The summed E-state index contributed by atoms with van der Waals surface area (Å²) in [5.41, 5.74) is 2.14. The van der Waals surface area contributed by atoms with Gasteiger partial charge in [0.15, 0.2) is 0 Å². The summed E-state index contributed by atoms with van der Waals surface area (Å²) < 4.78 is 0.988. The summed E-state index contributed by atoms with van der Waals surface area (Å²) in [5, 5.41) is 4.10. The summed E-state index contributed by atoms with van der Waals surface area (Å²) in [7, 11) is 1.95. The average molecular weight is 340 g/mol. The fourth-order valence-electron chi connectivity index (χ4n) is 2.24. The van der Waals surface area contributed by atoms with Crippen LogP contribution < -0.4 is 5.32 Å². The number of benzene rings is 1. The summed E-state index contributed by atoms with van der Waals surface area (Å²) in [6.45, 7) is 2.15. The first-order chi connectivity index (χ1) is 9.13. The predicted molar refractivity (Wildman–Crippen MR) is 83.6 cm³/mol. The summed E-state index contributed by atoms with van der Waals surface area (Å²) in [5.74, 6) is 0.241. The molecule has 0 saturated heterocycles. The molecule has 1 heterocycles. The molecule has 4 heteroatoms. The first kappa shape index (κ1) is 14.5. The molecule has 1 N–H and O–H groups in total. The minimum absolute atomic E-state index is 0.135. The van der Waals surface area contributed by atoms with Crippen LogP contribution in [-0.2, 0) is 0 Å². The van der Waals surface area contributed by atoms with Gasteiger partial charge in [0.1, 0.15) is 0 Å². The first-order valence-corrected chi connectivity index (χ1v) is 7.33. The third-order valence-corrected chi connectivity index (χ3v) is 4.08. The van der Waals surface area contributed by atoms with Gasteiger partial charge in [0.2, 0.25) is 0 Å². The van der Waals surface area contributed by atoms with Crippen molar-refractivity contribution in [1.82, 2.24) is 10.3 Å². The highest BCUT2D eigenvalue weighted by Crippen LogP contribution is 2.34. The number of aromatic nitrogens is 1. The van der Waals surface area contributed by atoms with Crippen LogP contribution in [-0.4, -0.2) is 12.0 Å². The molecule has 2 aromatic rings. The van der Waals surface area contributed by atoms with Gasteiger partial charge in [-0.05, 0) is 36.9 Å². The van der Waals surface area contributed by atoms with E-state index >= 15 is 0 Å². The highest BCUT2D eigenvalue weighted by Gasteiger charge is 2.22. The quantitative estimate of drug-likeness (QED) is 0.883. The molecule has 19 heavy (non-hydrogen) atoms. The van der Waals surface area contributed by atoms with Crippen molar-refractivity contribution in [2.24, 2.45) is 0 Å². The van der Waals surface area contributed by atoms with Crippen LogP contribution in [0.4, 0.5) is 0 Å². The number of nitrogens with zero attached hydrogens (tertiary/aromatic N) is 1. The lowest BCUT2D eigenvalue weighted by Gasteiger charge is -2.24. The summed E-state index contributed by atoms with van der Waals surface area (Å²) in [6, 6.07) is 12.1. The topological polar surface area (TPSA) is 24.9 Å². The second-order valence-corrected chi connectivity index (χ2v) is 5.80. The van der Waals surface area contributed by atoms with Crippen LogP contribution in [0.5, 0.6) is 0 Å². The molecule has 2 nitrogen and oxygen atoms in total. The molecule has 0 fully saturated rings. The van der Waals surface area contributed by atoms with Gasteiger partial charge in [-0.3, -0.25) is 4.98 Å². The Morgan fingerprint density at radius 1 is 1.26 bits per heavy atom. The van der Waals surface area contributed by atoms with Gasteiger partial charge in [0.25, 0.3) is 0 Å². The van der Waals surface area contributed by atoms with Crippen molar-refractivity contribution < 1.29 is 0 Å². The smallest absolute Gasteiger partial charge is 0.0465 e. The van der Waals surface area contributed by atoms with Gasteiger partial charge in [-0.2, -0.15) is 0 Å². The fourth-order valence-corrected chi connectivity index (χ4v) is 3.04. The number of nitrogens with one attached hydrogen (secondary N) is 1. The molecule has 2 rings (SSSR count). The number of hydrogen-bond donors (Lipinski definition) is 1. The summed E-state index contributed by atoms with van der Waals surface area (Å²) in [4.78, 5) is 4.43. The average Bonchev–Trinajstić information content (AvgIpc) is 2.42. The van der Waals surface area contributed by atoms with Gasteiger partial charge in [-0.25, -0.2) is 0 Å². The van der Waals surface area contributed by atoms with Gasteiger partial charge in [0.05, 0.1) is 0 Å². The van der Waals surface area contributed by atoms with Gasteiger partial charge in [-0.1, -0.05) is 46.6 Å². The van der Waals surface area contributed by atoms with Gasteiger partial charge >= 0.3 is 0 Å². The van der Waals surface area contributed by atoms with Crippen molar-refractivity contribution in [3.63, 3.8) is 0 Å². The zero-order valence-electron chi connectivity index (χ0n) is 10.9. The molecule has 100 valence electrons. The van der Waals surface area contributed by atoms with Crippen LogP contribution in [0.15, 0.2) is 47.1 Å². The number of halogens is 2. The molecular formula is C15H16BrClN2. The van der Waals surface area contributed by atoms with Crippen LogP contribution in [0.2, 0.25) is 5.02 Å². The van der Waals surface area contributed by atoms with Crippen molar-refractivity contribution in [2.45, 2.75) is 18.9 Å². The molecule has 0 amide bonds. The monoisotopic (exact) mass is 338 g/mol. The molecule has 2 unspecified atom stereocenters. The Morgan fingerprint density at radius 3 is 2.63 bits per heavy atom. The number of hydrogen-bond acceptors (Lipinski definition) is 2. The third-order valence-electron chi connectivity index (χ3n) is 3.26. The van der Waals surface area contributed by atoms with E-state index in [1.54, 1.807) is 0 Å². The Hall–Kier alpha value is -0.900. The molecule has 0 aliphatic heterocycles. The minimum Gasteiger partial charge on any atom is -0.312 e. The zero-order chi connectivity index (χ0) is 13.8. The summed E-state index contributed by atoms with van der Waals surface area (Å²) in [6.07, 6.45) is 1.82. The van der Waals surface area contributed by atoms with Gasteiger partial charge in [-0.15, -0.1) is 0 Å². The van der Waals surface area contributed by atoms with E-state index in [0.29, 0.717) is 0 Å². The van der Waals surface area contributed by atoms with Crippen molar-refractivity contribution in [1.29, 1.82) is 0 Å². The van der Waals surface area contributed by atoms with E-state index in [1.807, 2.05) is 49.6 Å². The van der Waals surface area contributed by atoms with Gasteiger partial charge < -0.3 is 5.32 Å². The Bertz CT molecular complexity index is 545. The number of rotatable bonds is 4. The van der Waals surface area contributed by atoms with Crippen LogP contribution >= 0.6 is 27.5 Å². The normalized spacial score (nSPS) is 14.1. The maximum Gasteiger partial charge on any atom is 0.0465 e. The van der Waals surface area contributed by atoms with E-state index in [0.717, 1.165) is 20.8 Å². The summed E-state index contributed by atoms with van der Waals surface area (Å²) >= 11 is 9.78. The van der Waals surface area contributed by atoms with Crippen molar-refractivity contribution in [3.8, 4) is 0 Å². The highest BCUT2D eigenvalue weighted by molar-refractivity contribution is 9.10. The van der Waals surface area contributed by atoms with Crippen molar-refractivity contribution >= 4 is 27.5 Å². The number of pyridine rings is 1. The molecule has 0 bridgehead atoms. The van der Waals surface area contributed by atoms with E-state index in [9.17, 15) is 0 Å². The number of likely N-dealkylation sites (N-methyl/N-ethyl adjacent to an activating group) is 1. The van der Waals surface area contributed by atoms with E-state index < -0.39 is 0 Å². The lowest BCUT2D eigenvalue weighted by atomic mass is 9.91. The van der Waals surface area contributed by atoms with Gasteiger partial charge in [0, 0.05) is 33.3 Å². The largest absolute Gasteiger partial charge is 0.312 e. The standard InChI is InChI=1S/C15H16BrClN2/c1-10(14-5-3-4-8-19-14)15(18-2)12-7-6-11(16)9-13(12)17/h3-10,15,18H,1-2H3. The minimum atomic E-state index is 0.135. The van der Waals surface area contributed by atoms with E-state index in [1.165, 1.54) is 0 Å². The Kier molecular flexibility index (Phi) is 4.97. The molecule has 0 aliphatic rings. The van der Waals surface area contributed by atoms with Crippen LogP contribution in [0.25, 0.3) is 0 Å². The Labute approximate surface area is 127 Å². The van der Waals surface area contributed by atoms with Crippen LogP contribution in [0.1, 0.15) is 30.1 Å². The second kappa shape index (κ2) is 6.51. The Balaban J connectivity index is 2.34. The van der Waals surface area contributed by atoms with E-state index in [4.69, 9.17) is 11.6 Å². The van der Waals surface area contributed by atoms with Crippen LogP contribution in [0, 0.1) is 0 Å². The molecule has 0 spiro atoms. The highest BCUT2D eigenvalue weighted by atomic mass is 79.9. The lowest BCUT2D eigenvalue weighted by molar-refractivity contribution is 0.499. The SMILES string of the molecule is CNC(c1ccc(Br)cc1Cl)C(C)c1ccccn1. The second-order valence-electron chi connectivity index (χ2n) is 4.48. The van der Waals surface area contributed by atoms with Crippen molar-refractivity contribution in [2.75, 3.05) is 7.05 Å². The predicted octanol–water partition coefficient (Wildman–Crippen LogP) is 4.56. The molecule has 1 aromatic heterocycles. The maximum absolute atomic E-state index is 6.34.